The lowest BCUT2D eigenvalue weighted by atomic mass is 9.67. The molecule has 6 aromatic rings. The van der Waals surface area contributed by atoms with Crippen molar-refractivity contribution in [2.24, 2.45) is 0 Å². The number of carbonyl (C=O) groups is 2. The standard InChI is InChI=1S/C38H29NO4/c1-25(40)43-35-20-17-26-24-38(27-11-5-3-6-12-27,22-21-30(26)36(35)37(41)42-2)28-18-19-32-31-15-9-10-16-33(31)39(34(32)23-28)29-13-7-4-8-14-29/h3-23H,24H2,1-2H3. The molecule has 210 valence electrons. The number of fused-ring (bicyclic) bond motifs is 4. The molecular weight excluding hydrogens is 534 g/mol. The van der Waals surface area contributed by atoms with Gasteiger partial charge in [-0.2, -0.15) is 0 Å². The minimum atomic E-state index is -0.543. The number of esters is 2. The van der Waals surface area contributed by atoms with Gasteiger partial charge in [-0.1, -0.05) is 97.1 Å². The molecule has 1 heterocycles. The van der Waals surface area contributed by atoms with E-state index in [1.807, 2.05) is 24.3 Å². The molecule has 1 unspecified atom stereocenters. The van der Waals surface area contributed by atoms with Gasteiger partial charge in [0.15, 0.2) is 0 Å². The summed E-state index contributed by atoms with van der Waals surface area (Å²) in [7, 11) is 1.33. The molecule has 0 radical (unpaired) electrons. The van der Waals surface area contributed by atoms with Crippen LogP contribution < -0.4 is 4.74 Å². The Bertz CT molecular complexity index is 2060. The smallest absolute Gasteiger partial charge is 0.342 e. The number of aromatic nitrogens is 1. The van der Waals surface area contributed by atoms with Crippen molar-refractivity contribution < 1.29 is 19.1 Å². The summed E-state index contributed by atoms with van der Waals surface area (Å²) < 4.78 is 12.9. The van der Waals surface area contributed by atoms with Crippen molar-refractivity contribution in [1.82, 2.24) is 4.57 Å². The van der Waals surface area contributed by atoms with Gasteiger partial charge in [-0.3, -0.25) is 4.79 Å². The number of allylic oxidation sites excluding steroid dienone is 1. The molecule has 1 atom stereocenters. The molecule has 7 rings (SSSR count). The summed E-state index contributed by atoms with van der Waals surface area (Å²) in [6.07, 6.45) is 4.75. The Morgan fingerprint density at radius 1 is 0.744 bits per heavy atom. The number of methoxy groups -OCH3 is 1. The van der Waals surface area contributed by atoms with E-state index in [0.29, 0.717) is 12.0 Å². The monoisotopic (exact) mass is 563 g/mol. The molecule has 5 aromatic carbocycles. The number of para-hydroxylation sites is 2. The van der Waals surface area contributed by atoms with Crippen LogP contribution in [0, 0.1) is 0 Å². The van der Waals surface area contributed by atoms with Gasteiger partial charge in [0.2, 0.25) is 0 Å². The average molecular weight is 564 g/mol. The third-order valence-electron chi connectivity index (χ3n) is 8.44. The topological polar surface area (TPSA) is 57.5 Å². The van der Waals surface area contributed by atoms with E-state index in [9.17, 15) is 9.59 Å². The molecule has 0 bridgehead atoms. The maximum atomic E-state index is 12.9. The second-order valence-electron chi connectivity index (χ2n) is 10.9. The summed E-state index contributed by atoms with van der Waals surface area (Å²) in [4.78, 5) is 24.8. The summed E-state index contributed by atoms with van der Waals surface area (Å²) in [5.74, 6) is -0.840. The fourth-order valence-corrected chi connectivity index (χ4v) is 6.53. The van der Waals surface area contributed by atoms with Crippen molar-refractivity contribution in [3.05, 3.63) is 149 Å². The second-order valence-corrected chi connectivity index (χ2v) is 10.9. The number of hydrogen-bond donors (Lipinski definition) is 0. The molecular formula is C38H29NO4. The highest BCUT2D eigenvalue weighted by molar-refractivity contribution is 6.09. The van der Waals surface area contributed by atoms with Crippen LogP contribution in [0.2, 0.25) is 0 Å². The van der Waals surface area contributed by atoms with Crippen LogP contribution in [-0.2, 0) is 21.4 Å². The van der Waals surface area contributed by atoms with Crippen LogP contribution in [0.1, 0.15) is 39.5 Å². The molecule has 1 aromatic heterocycles. The minimum Gasteiger partial charge on any atom is -0.465 e. The fourth-order valence-electron chi connectivity index (χ4n) is 6.53. The van der Waals surface area contributed by atoms with Gasteiger partial charge >= 0.3 is 11.9 Å². The Labute approximate surface area is 249 Å². The Morgan fingerprint density at radius 3 is 2.19 bits per heavy atom. The third kappa shape index (κ3) is 4.32. The number of rotatable bonds is 5. The van der Waals surface area contributed by atoms with Gasteiger partial charge in [0.25, 0.3) is 0 Å². The zero-order valence-corrected chi connectivity index (χ0v) is 23.9. The van der Waals surface area contributed by atoms with Gasteiger partial charge in [0.1, 0.15) is 11.3 Å². The van der Waals surface area contributed by atoms with Crippen molar-refractivity contribution in [3.63, 3.8) is 0 Å². The molecule has 5 heteroatoms. The van der Waals surface area contributed by atoms with Crippen molar-refractivity contribution in [1.29, 1.82) is 0 Å². The highest BCUT2D eigenvalue weighted by Gasteiger charge is 2.37. The maximum Gasteiger partial charge on any atom is 0.342 e. The summed E-state index contributed by atoms with van der Waals surface area (Å²) in [5, 5.41) is 2.39. The zero-order valence-electron chi connectivity index (χ0n) is 23.9. The predicted octanol–water partition coefficient (Wildman–Crippen LogP) is 8.05. The van der Waals surface area contributed by atoms with Crippen LogP contribution in [0.15, 0.2) is 121 Å². The molecule has 5 nitrogen and oxygen atoms in total. The van der Waals surface area contributed by atoms with Gasteiger partial charge in [0, 0.05) is 28.8 Å². The van der Waals surface area contributed by atoms with Crippen LogP contribution >= 0.6 is 0 Å². The van der Waals surface area contributed by atoms with Crippen LogP contribution in [0.25, 0.3) is 33.6 Å². The number of hydrogen-bond acceptors (Lipinski definition) is 4. The van der Waals surface area contributed by atoms with E-state index in [4.69, 9.17) is 9.47 Å². The predicted molar refractivity (Wildman–Crippen MR) is 170 cm³/mol. The van der Waals surface area contributed by atoms with Crippen molar-refractivity contribution in [3.8, 4) is 11.4 Å². The van der Waals surface area contributed by atoms with E-state index in [-0.39, 0.29) is 11.3 Å². The first-order chi connectivity index (χ1) is 21.0. The molecule has 1 aliphatic carbocycles. The lowest BCUT2D eigenvalue weighted by Gasteiger charge is -2.36. The van der Waals surface area contributed by atoms with E-state index in [1.54, 1.807) is 6.07 Å². The van der Waals surface area contributed by atoms with Crippen LogP contribution in [-0.4, -0.2) is 23.6 Å². The lowest BCUT2D eigenvalue weighted by Crippen LogP contribution is -2.31. The molecule has 1 aliphatic rings. The molecule has 43 heavy (non-hydrogen) atoms. The fraction of sp³-hybridized carbons (Fsp3) is 0.105. The Balaban J connectivity index is 1.48. The minimum absolute atomic E-state index is 0.198. The quantitative estimate of drug-likeness (QED) is 0.157. The first kappa shape index (κ1) is 26.5. The van der Waals surface area contributed by atoms with E-state index in [1.165, 1.54) is 24.8 Å². The average Bonchev–Trinajstić information content (AvgIpc) is 3.38. The van der Waals surface area contributed by atoms with Crippen LogP contribution in [0.3, 0.4) is 0 Å². The van der Waals surface area contributed by atoms with E-state index >= 15 is 0 Å². The summed E-state index contributed by atoms with van der Waals surface area (Å²) in [6.45, 7) is 1.32. The van der Waals surface area contributed by atoms with Gasteiger partial charge in [-0.25, -0.2) is 4.79 Å². The first-order valence-electron chi connectivity index (χ1n) is 14.3. The number of benzene rings is 5. The van der Waals surface area contributed by atoms with Crippen LogP contribution in [0.5, 0.6) is 5.75 Å². The lowest BCUT2D eigenvalue weighted by molar-refractivity contribution is -0.131. The van der Waals surface area contributed by atoms with Crippen molar-refractivity contribution in [2.75, 3.05) is 7.11 Å². The van der Waals surface area contributed by atoms with Crippen molar-refractivity contribution >= 4 is 39.8 Å². The highest BCUT2D eigenvalue weighted by atomic mass is 16.5. The molecule has 0 saturated carbocycles. The Kier molecular flexibility index (Phi) is 6.43. The molecule has 0 spiro atoms. The van der Waals surface area contributed by atoms with Gasteiger partial charge in [-0.05, 0) is 59.0 Å². The van der Waals surface area contributed by atoms with E-state index in [0.717, 1.165) is 33.4 Å². The summed E-state index contributed by atoms with van der Waals surface area (Å²) in [5.41, 5.74) is 7.07. The van der Waals surface area contributed by atoms with Gasteiger partial charge in [-0.15, -0.1) is 0 Å². The third-order valence-corrected chi connectivity index (χ3v) is 8.44. The van der Waals surface area contributed by atoms with E-state index in [2.05, 4.69) is 102 Å². The second kappa shape index (κ2) is 10.4. The number of ether oxygens (including phenoxy) is 2. The zero-order chi connectivity index (χ0) is 29.6. The molecule has 0 aliphatic heterocycles. The Hall–Kier alpha value is -5.42. The molecule has 0 N–H and O–H groups in total. The maximum absolute atomic E-state index is 12.9. The summed E-state index contributed by atoms with van der Waals surface area (Å²) >= 11 is 0. The largest absolute Gasteiger partial charge is 0.465 e. The van der Waals surface area contributed by atoms with Gasteiger partial charge in [0.05, 0.1) is 18.1 Å². The molecule has 0 fully saturated rings. The van der Waals surface area contributed by atoms with E-state index < -0.39 is 17.4 Å². The number of nitrogens with zero attached hydrogens (tertiary/aromatic N) is 1. The number of carbonyl (C=O) groups excluding carboxylic acids is 2. The molecule has 0 saturated heterocycles. The Morgan fingerprint density at radius 2 is 1.44 bits per heavy atom. The summed E-state index contributed by atoms with van der Waals surface area (Å²) in [6, 6.07) is 39.8. The SMILES string of the molecule is COC(=O)c1c(OC(C)=O)ccc2c1C=CC(c1ccccc1)(c1ccc3c4ccccc4n(-c4ccccc4)c3c1)C2. The molecule has 0 amide bonds. The van der Waals surface area contributed by atoms with Crippen LogP contribution in [0.4, 0.5) is 0 Å². The van der Waals surface area contributed by atoms with Gasteiger partial charge < -0.3 is 14.0 Å². The highest BCUT2D eigenvalue weighted by Crippen LogP contribution is 2.45. The van der Waals surface area contributed by atoms with Crippen molar-refractivity contribution in [2.45, 2.75) is 18.8 Å². The first-order valence-corrected chi connectivity index (χ1v) is 14.3. The normalized spacial score (nSPS) is 15.8.